The third-order valence-corrected chi connectivity index (χ3v) is 5.16. The van der Waals surface area contributed by atoms with E-state index in [-0.39, 0.29) is 0 Å². The molecule has 0 aliphatic carbocycles. The van der Waals surface area contributed by atoms with Crippen LogP contribution in [0.15, 0.2) is 37.8 Å². The average Bonchev–Trinajstić information content (AvgIpc) is 3.03. The SMILES string of the molecule is OC(CCc1ccc2c(c1)CCO2)c1cc(Br)c(Br)o1. The minimum Gasteiger partial charge on any atom is -0.493 e. The third-order valence-electron chi connectivity index (χ3n) is 3.45. The number of aliphatic hydroxyl groups excluding tert-OH is 1. The molecule has 2 heterocycles. The Kier molecular flexibility index (Phi) is 4.19. The van der Waals surface area contributed by atoms with Crippen LogP contribution in [-0.2, 0) is 12.8 Å². The van der Waals surface area contributed by atoms with Gasteiger partial charge < -0.3 is 14.3 Å². The number of aliphatic hydroxyl groups is 1. The highest BCUT2D eigenvalue weighted by molar-refractivity contribution is 9.13. The van der Waals surface area contributed by atoms with Crippen molar-refractivity contribution < 1.29 is 14.3 Å². The van der Waals surface area contributed by atoms with Gasteiger partial charge in [0.15, 0.2) is 4.67 Å². The molecule has 1 aliphatic heterocycles. The summed E-state index contributed by atoms with van der Waals surface area (Å²) in [5.74, 6) is 1.57. The van der Waals surface area contributed by atoms with E-state index in [4.69, 9.17) is 9.15 Å². The Bertz CT molecular complexity index is 602. The lowest BCUT2D eigenvalue weighted by Crippen LogP contribution is -1.98. The second-order valence-corrected chi connectivity index (χ2v) is 6.44. The molecule has 3 rings (SSSR count). The molecule has 1 aromatic heterocycles. The van der Waals surface area contributed by atoms with Crippen LogP contribution in [0.2, 0.25) is 0 Å². The lowest BCUT2D eigenvalue weighted by molar-refractivity contribution is 0.139. The van der Waals surface area contributed by atoms with Gasteiger partial charge in [0.2, 0.25) is 0 Å². The number of fused-ring (bicyclic) bond motifs is 1. The van der Waals surface area contributed by atoms with Gasteiger partial charge in [-0.3, -0.25) is 0 Å². The van der Waals surface area contributed by atoms with E-state index in [9.17, 15) is 5.11 Å². The Morgan fingerprint density at radius 2 is 2.10 bits per heavy atom. The van der Waals surface area contributed by atoms with Crippen molar-refractivity contribution in [2.45, 2.75) is 25.4 Å². The standard InChI is InChI=1S/C15H14Br2O3/c16-11-8-14(20-15(11)17)12(18)3-1-9-2-4-13-10(7-9)5-6-19-13/h2,4,7-8,12,18H,1,3,5-6H2. The van der Waals surface area contributed by atoms with Crippen molar-refractivity contribution in [2.24, 2.45) is 0 Å². The normalized spacial score (nSPS) is 14.9. The van der Waals surface area contributed by atoms with Crippen molar-refractivity contribution in [1.29, 1.82) is 0 Å². The topological polar surface area (TPSA) is 42.6 Å². The summed E-state index contributed by atoms with van der Waals surface area (Å²) in [5.41, 5.74) is 2.48. The van der Waals surface area contributed by atoms with Crippen LogP contribution in [0, 0.1) is 0 Å². The number of halogens is 2. The predicted molar refractivity (Wildman–Crippen MR) is 83.0 cm³/mol. The van der Waals surface area contributed by atoms with Crippen molar-refractivity contribution in [1.82, 2.24) is 0 Å². The zero-order chi connectivity index (χ0) is 14.1. The number of benzene rings is 1. The minimum absolute atomic E-state index is 0.577. The monoisotopic (exact) mass is 400 g/mol. The fourth-order valence-electron chi connectivity index (χ4n) is 2.37. The highest BCUT2D eigenvalue weighted by Gasteiger charge is 2.16. The van der Waals surface area contributed by atoms with Crippen molar-refractivity contribution in [3.8, 4) is 5.75 Å². The predicted octanol–water partition coefficient (Wildman–Crippen LogP) is 4.41. The van der Waals surface area contributed by atoms with Gasteiger partial charge in [0.25, 0.3) is 0 Å². The van der Waals surface area contributed by atoms with E-state index in [2.05, 4.69) is 44.0 Å². The first kappa shape index (κ1) is 14.2. The van der Waals surface area contributed by atoms with Gasteiger partial charge in [0.05, 0.1) is 11.1 Å². The van der Waals surface area contributed by atoms with Crippen LogP contribution in [0.4, 0.5) is 0 Å². The van der Waals surface area contributed by atoms with Gasteiger partial charge in [-0.2, -0.15) is 0 Å². The molecule has 1 aromatic carbocycles. The number of rotatable bonds is 4. The second kappa shape index (κ2) is 5.92. The molecule has 106 valence electrons. The maximum atomic E-state index is 10.2. The molecule has 0 fully saturated rings. The van der Waals surface area contributed by atoms with E-state index < -0.39 is 6.10 Å². The summed E-state index contributed by atoms with van der Waals surface area (Å²) in [6.07, 6.45) is 1.82. The molecule has 1 N–H and O–H groups in total. The number of ether oxygens (including phenoxy) is 1. The Morgan fingerprint density at radius 1 is 1.25 bits per heavy atom. The van der Waals surface area contributed by atoms with Crippen LogP contribution in [0.5, 0.6) is 5.75 Å². The molecule has 1 aliphatic rings. The van der Waals surface area contributed by atoms with Crippen molar-refractivity contribution in [2.75, 3.05) is 6.61 Å². The summed E-state index contributed by atoms with van der Waals surface area (Å²) < 4.78 is 12.4. The van der Waals surface area contributed by atoms with Gasteiger partial charge in [-0.15, -0.1) is 0 Å². The molecule has 0 amide bonds. The summed E-state index contributed by atoms with van der Waals surface area (Å²) >= 11 is 6.62. The molecule has 0 spiro atoms. The van der Waals surface area contributed by atoms with E-state index in [1.54, 1.807) is 6.07 Å². The van der Waals surface area contributed by atoms with E-state index in [0.717, 1.165) is 29.7 Å². The first-order valence-corrected chi connectivity index (χ1v) is 8.09. The number of hydrogen-bond donors (Lipinski definition) is 1. The van der Waals surface area contributed by atoms with Crippen molar-refractivity contribution in [3.05, 3.63) is 50.3 Å². The fraction of sp³-hybridized carbons (Fsp3) is 0.333. The van der Waals surface area contributed by atoms with E-state index in [1.165, 1.54) is 11.1 Å². The van der Waals surface area contributed by atoms with Gasteiger partial charge in [-0.1, -0.05) is 12.1 Å². The molecule has 0 saturated carbocycles. The largest absolute Gasteiger partial charge is 0.493 e. The Balaban J connectivity index is 1.64. The summed E-state index contributed by atoms with van der Waals surface area (Å²) in [6.45, 7) is 0.774. The number of hydrogen-bond acceptors (Lipinski definition) is 3. The quantitative estimate of drug-likeness (QED) is 0.825. The molecule has 5 heteroatoms. The maximum absolute atomic E-state index is 10.2. The van der Waals surface area contributed by atoms with Crippen LogP contribution in [-0.4, -0.2) is 11.7 Å². The minimum atomic E-state index is -0.595. The molecule has 20 heavy (non-hydrogen) atoms. The number of aryl methyl sites for hydroxylation is 1. The van der Waals surface area contributed by atoms with Crippen molar-refractivity contribution in [3.63, 3.8) is 0 Å². The smallest absolute Gasteiger partial charge is 0.183 e. The van der Waals surface area contributed by atoms with Crippen LogP contribution in [0.25, 0.3) is 0 Å². The van der Waals surface area contributed by atoms with E-state index >= 15 is 0 Å². The van der Waals surface area contributed by atoms with E-state index in [0.29, 0.717) is 16.9 Å². The molecule has 3 nitrogen and oxygen atoms in total. The van der Waals surface area contributed by atoms with Gasteiger partial charge in [0.1, 0.15) is 17.6 Å². The van der Waals surface area contributed by atoms with E-state index in [1.807, 2.05) is 6.07 Å². The lowest BCUT2D eigenvalue weighted by atomic mass is 10.0. The Morgan fingerprint density at radius 3 is 2.85 bits per heavy atom. The van der Waals surface area contributed by atoms with Gasteiger partial charge >= 0.3 is 0 Å². The van der Waals surface area contributed by atoms with Gasteiger partial charge in [-0.25, -0.2) is 0 Å². The zero-order valence-electron chi connectivity index (χ0n) is 10.7. The van der Waals surface area contributed by atoms with Gasteiger partial charge in [0, 0.05) is 6.42 Å². The van der Waals surface area contributed by atoms with Crippen molar-refractivity contribution >= 4 is 31.9 Å². The third kappa shape index (κ3) is 2.95. The molecule has 1 atom stereocenters. The molecule has 0 radical (unpaired) electrons. The average molecular weight is 402 g/mol. The first-order chi connectivity index (χ1) is 9.63. The molecule has 0 saturated heterocycles. The second-order valence-electron chi connectivity index (χ2n) is 4.87. The summed E-state index contributed by atoms with van der Waals surface area (Å²) in [6, 6.07) is 8.04. The summed E-state index contributed by atoms with van der Waals surface area (Å²) in [7, 11) is 0. The molecular weight excluding hydrogens is 388 g/mol. The first-order valence-electron chi connectivity index (χ1n) is 6.51. The maximum Gasteiger partial charge on any atom is 0.183 e. The zero-order valence-corrected chi connectivity index (χ0v) is 13.9. The van der Waals surface area contributed by atoms with Crippen LogP contribution >= 0.6 is 31.9 Å². The van der Waals surface area contributed by atoms with Crippen LogP contribution < -0.4 is 4.74 Å². The fourth-order valence-corrected chi connectivity index (χ4v) is 2.98. The van der Waals surface area contributed by atoms with Gasteiger partial charge in [-0.05, 0) is 68.0 Å². The Labute approximate surface area is 134 Å². The summed E-state index contributed by atoms with van der Waals surface area (Å²) in [4.78, 5) is 0. The lowest BCUT2D eigenvalue weighted by Gasteiger charge is -2.08. The highest BCUT2D eigenvalue weighted by atomic mass is 79.9. The summed E-state index contributed by atoms with van der Waals surface area (Å²) in [5, 5.41) is 10.2. The Hall–Kier alpha value is -0.780. The molecular formula is C15H14Br2O3. The molecule has 1 unspecified atom stereocenters. The van der Waals surface area contributed by atoms with Crippen LogP contribution in [0.3, 0.4) is 0 Å². The molecule has 2 aromatic rings. The molecule has 0 bridgehead atoms. The number of furan rings is 1. The van der Waals surface area contributed by atoms with Crippen LogP contribution in [0.1, 0.15) is 29.4 Å². The highest BCUT2D eigenvalue weighted by Crippen LogP contribution is 2.32.